The minimum Gasteiger partial charge on any atom is -0.329 e. The van der Waals surface area contributed by atoms with Crippen LogP contribution in [0.2, 0.25) is 0 Å². The van der Waals surface area contributed by atoms with Crippen LogP contribution in [0.4, 0.5) is 0 Å². The number of nitrogens with two attached hydrogens (primary N) is 1. The van der Waals surface area contributed by atoms with Gasteiger partial charge in [0.2, 0.25) is 0 Å². The Bertz CT molecular complexity index is 235. The third-order valence-electron chi connectivity index (χ3n) is 1.40. The quantitative estimate of drug-likeness (QED) is 0.567. The second-order valence-corrected chi connectivity index (χ2v) is 4.77. The highest BCUT2D eigenvalue weighted by atomic mass is 32.2. The lowest BCUT2D eigenvalue weighted by atomic mass is 10.2. The molecule has 0 aliphatic carbocycles. The summed E-state index contributed by atoms with van der Waals surface area (Å²) < 4.78 is 0.0152. The van der Waals surface area contributed by atoms with Crippen LogP contribution in [0.3, 0.4) is 0 Å². The van der Waals surface area contributed by atoms with E-state index in [2.05, 4.69) is 23.8 Å². The van der Waals surface area contributed by atoms with Crippen molar-refractivity contribution in [2.75, 3.05) is 6.54 Å². The fraction of sp³-hybridized carbons (Fsp3) is 0.500. The molecule has 0 aliphatic heterocycles. The van der Waals surface area contributed by atoms with Crippen molar-refractivity contribution in [2.24, 2.45) is 5.73 Å². The average Bonchev–Trinajstić information content (AvgIpc) is 2.06. The van der Waals surface area contributed by atoms with Crippen LogP contribution < -0.4 is 5.73 Å². The summed E-state index contributed by atoms with van der Waals surface area (Å²) in [5.41, 5.74) is 5.58. The summed E-state index contributed by atoms with van der Waals surface area (Å²) in [7, 11) is 0. The van der Waals surface area contributed by atoms with Gasteiger partial charge in [-0.3, -0.25) is 0 Å². The number of hydrogen-bond donors (Lipinski definition) is 1. The molecule has 3 nitrogen and oxygen atoms in total. The zero-order valence-corrected chi connectivity index (χ0v) is 8.14. The molecule has 0 aromatic carbocycles. The van der Waals surface area contributed by atoms with Gasteiger partial charge in [0.15, 0.2) is 5.16 Å². The van der Waals surface area contributed by atoms with E-state index in [0.29, 0.717) is 6.54 Å². The first kappa shape index (κ1) is 9.48. The van der Waals surface area contributed by atoms with Gasteiger partial charge < -0.3 is 5.73 Å². The zero-order chi connectivity index (χ0) is 9.03. The van der Waals surface area contributed by atoms with E-state index in [0.717, 1.165) is 5.16 Å². The Hall–Kier alpha value is -0.610. The van der Waals surface area contributed by atoms with E-state index in [1.165, 1.54) is 0 Å². The number of rotatable bonds is 3. The molecule has 0 atom stereocenters. The fourth-order valence-corrected chi connectivity index (χ4v) is 1.43. The SMILES string of the molecule is CC(C)(CN)Sc1ncccn1. The molecule has 1 heterocycles. The lowest BCUT2D eigenvalue weighted by Gasteiger charge is -2.19. The number of thioether (sulfide) groups is 1. The highest BCUT2D eigenvalue weighted by molar-refractivity contribution is 8.00. The van der Waals surface area contributed by atoms with Gasteiger partial charge in [0.25, 0.3) is 0 Å². The minimum absolute atomic E-state index is 0.0152. The highest BCUT2D eigenvalue weighted by Gasteiger charge is 2.18. The van der Waals surface area contributed by atoms with Crippen LogP contribution in [0.5, 0.6) is 0 Å². The van der Waals surface area contributed by atoms with Crippen molar-refractivity contribution in [3.63, 3.8) is 0 Å². The van der Waals surface area contributed by atoms with Gasteiger partial charge in [0.1, 0.15) is 0 Å². The molecule has 1 aromatic rings. The molecule has 0 radical (unpaired) electrons. The molecular formula is C8H13N3S. The largest absolute Gasteiger partial charge is 0.329 e. The van der Waals surface area contributed by atoms with Crippen molar-refractivity contribution in [1.82, 2.24) is 9.97 Å². The number of nitrogens with zero attached hydrogens (tertiary/aromatic N) is 2. The first-order chi connectivity index (χ1) is 5.64. The summed E-state index contributed by atoms with van der Waals surface area (Å²) >= 11 is 1.60. The Morgan fingerprint density at radius 1 is 1.42 bits per heavy atom. The van der Waals surface area contributed by atoms with Gasteiger partial charge in [0.05, 0.1) is 0 Å². The maximum absolute atomic E-state index is 5.58. The minimum atomic E-state index is 0.0152. The highest BCUT2D eigenvalue weighted by Crippen LogP contribution is 2.27. The van der Waals surface area contributed by atoms with Gasteiger partial charge in [-0.1, -0.05) is 11.8 Å². The topological polar surface area (TPSA) is 51.8 Å². The van der Waals surface area contributed by atoms with Crippen LogP contribution in [-0.2, 0) is 0 Å². The number of aromatic nitrogens is 2. The lowest BCUT2D eigenvalue weighted by Crippen LogP contribution is -2.26. The van der Waals surface area contributed by atoms with Crippen LogP contribution in [-0.4, -0.2) is 21.3 Å². The Labute approximate surface area is 76.8 Å². The maximum atomic E-state index is 5.58. The summed E-state index contributed by atoms with van der Waals surface area (Å²) in [5.74, 6) is 0. The van der Waals surface area contributed by atoms with Crippen molar-refractivity contribution >= 4 is 11.8 Å². The van der Waals surface area contributed by atoms with Crippen LogP contribution >= 0.6 is 11.8 Å². The molecule has 0 saturated heterocycles. The van der Waals surface area contributed by atoms with Crippen molar-refractivity contribution in [2.45, 2.75) is 23.8 Å². The van der Waals surface area contributed by atoms with E-state index in [1.807, 2.05) is 0 Å². The predicted molar refractivity (Wildman–Crippen MR) is 51.0 cm³/mol. The van der Waals surface area contributed by atoms with Crippen LogP contribution in [0, 0.1) is 0 Å². The fourth-order valence-electron chi connectivity index (χ4n) is 0.627. The third kappa shape index (κ3) is 2.79. The van der Waals surface area contributed by atoms with E-state index >= 15 is 0 Å². The van der Waals surface area contributed by atoms with E-state index in [-0.39, 0.29) is 4.75 Å². The van der Waals surface area contributed by atoms with E-state index in [1.54, 1.807) is 30.2 Å². The second kappa shape index (κ2) is 3.87. The summed E-state index contributed by atoms with van der Waals surface area (Å²) in [6.07, 6.45) is 3.48. The molecule has 12 heavy (non-hydrogen) atoms. The van der Waals surface area contributed by atoms with Crippen LogP contribution in [0.1, 0.15) is 13.8 Å². The van der Waals surface area contributed by atoms with Gasteiger partial charge in [0, 0.05) is 23.7 Å². The molecule has 66 valence electrons. The monoisotopic (exact) mass is 183 g/mol. The van der Waals surface area contributed by atoms with Gasteiger partial charge >= 0.3 is 0 Å². The molecular weight excluding hydrogens is 170 g/mol. The van der Waals surface area contributed by atoms with Gasteiger partial charge in [-0.2, -0.15) is 0 Å². The van der Waals surface area contributed by atoms with Crippen molar-refractivity contribution < 1.29 is 0 Å². The average molecular weight is 183 g/mol. The first-order valence-corrected chi connectivity index (χ1v) is 4.62. The molecule has 0 bridgehead atoms. The summed E-state index contributed by atoms with van der Waals surface area (Å²) in [5, 5.41) is 0.785. The van der Waals surface area contributed by atoms with E-state index in [9.17, 15) is 0 Å². The molecule has 1 aromatic heterocycles. The van der Waals surface area contributed by atoms with Gasteiger partial charge in [-0.05, 0) is 19.9 Å². The van der Waals surface area contributed by atoms with Crippen molar-refractivity contribution in [1.29, 1.82) is 0 Å². The normalized spacial score (nSPS) is 11.6. The van der Waals surface area contributed by atoms with E-state index < -0.39 is 0 Å². The van der Waals surface area contributed by atoms with Gasteiger partial charge in [-0.25, -0.2) is 9.97 Å². The Balaban J connectivity index is 2.64. The van der Waals surface area contributed by atoms with Gasteiger partial charge in [-0.15, -0.1) is 0 Å². The molecule has 0 amide bonds. The summed E-state index contributed by atoms with van der Waals surface area (Å²) in [6.45, 7) is 4.78. The molecule has 0 fully saturated rings. The molecule has 0 spiro atoms. The maximum Gasteiger partial charge on any atom is 0.188 e. The molecule has 0 saturated carbocycles. The first-order valence-electron chi connectivity index (χ1n) is 3.80. The van der Waals surface area contributed by atoms with E-state index in [4.69, 9.17) is 5.73 Å². The van der Waals surface area contributed by atoms with Crippen LogP contribution in [0.15, 0.2) is 23.6 Å². The predicted octanol–water partition coefficient (Wildman–Crippen LogP) is 1.31. The second-order valence-electron chi connectivity index (χ2n) is 3.10. The summed E-state index contributed by atoms with van der Waals surface area (Å²) in [4.78, 5) is 8.22. The Morgan fingerprint density at radius 3 is 2.50 bits per heavy atom. The zero-order valence-electron chi connectivity index (χ0n) is 7.32. The standard InChI is InChI=1S/C8H13N3S/c1-8(2,6-9)12-7-10-4-3-5-11-7/h3-5H,6,9H2,1-2H3. The Kier molecular flexibility index (Phi) is 3.05. The molecule has 2 N–H and O–H groups in total. The number of hydrogen-bond acceptors (Lipinski definition) is 4. The molecule has 0 aliphatic rings. The summed E-state index contributed by atoms with van der Waals surface area (Å²) in [6, 6.07) is 1.81. The smallest absolute Gasteiger partial charge is 0.188 e. The van der Waals surface area contributed by atoms with Crippen molar-refractivity contribution in [3.05, 3.63) is 18.5 Å². The van der Waals surface area contributed by atoms with Crippen molar-refractivity contribution in [3.8, 4) is 0 Å². The molecule has 1 rings (SSSR count). The third-order valence-corrected chi connectivity index (χ3v) is 2.51. The molecule has 0 unspecified atom stereocenters. The molecule has 4 heteroatoms. The lowest BCUT2D eigenvalue weighted by molar-refractivity contribution is 0.717. The van der Waals surface area contributed by atoms with Crippen LogP contribution in [0.25, 0.3) is 0 Å². The Morgan fingerprint density at radius 2 is 2.00 bits per heavy atom.